The number of hydrogen-bond donors (Lipinski definition) is 2. The average Bonchev–Trinajstić information content (AvgIpc) is 3.05. The van der Waals surface area contributed by atoms with Crippen LogP contribution in [0.2, 0.25) is 0 Å². The number of aromatic nitrogens is 1. The van der Waals surface area contributed by atoms with Gasteiger partial charge in [0.1, 0.15) is 5.76 Å². The molecule has 0 aliphatic rings. The maximum absolute atomic E-state index is 12.4. The van der Waals surface area contributed by atoms with Gasteiger partial charge in [-0.2, -0.15) is 0 Å². The summed E-state index contributed by atoms with van der Waals surface area (Å²) in [5.41, 5.74) is 1.09. The van der Waals surface area contributed by atoms with Crippen LogP contribution in [0.5, 0.6) is 0 Å². The minimum absolute atomic E-state index is 0.331. The van der Waals surface area contributed by atoms with Crippen molar-refractivity contribution in [3.05, 3.63) is 47.3 Å². The van der Waals surface area contributed by atoms with E-state index in [-0.39, 0.29) is 0 Å². The zero-order chi connectivity index (χ0) is 19.1. The predicted molar refractivity (Wildman–Crippen MR) is 94.7 cm³/mol. The molecule has 0 aliphatic carbocycles. The molecule has 3 amide bonds. The lowest BCUT2D eigenvalue weighted by molar-refractivity contribution is -0.127. The number of ether oxygens (including phenoxy) is 1. The fourth-order valence-corrected chi connectivity index (χ4v) is 2.87. The Hall–Kier alpha value is -2.81. The highest BCUT2D eigenvalue weighted by atomic mass is 32.2. The molecule has 9 heteroatoms. The normalized spacial score (nSPS) is 11.5. The number of urea groups is 1. The Labute approximate surface area is 154 Å². The van der Waals surface area contributed by atoms with E-state index in [9.17, 15) is 14.4 Å². The molecule has 1 atom stereocenters. The number of esters is 1. The summed E-state index contributed by atoms with van der Waals surface area (Å²) in [4.78, 5) is 36.1. The third-order valence-corrected chi connectivity index (χ3v) is 4.38. The number of rotatable bonds is 6. The molecule has 0 aliphatic heterocycles. The summed E-state index contributed by atoms with van der Waals surface area (Å²) in [6, 6.07) is 8.05. The third kappa shape index (κ3) is 5.35. The smallest absolute Gasteiger partial charge is 0.340 e. The molecule has 0 bridgehead atoms. The molecule has 26 heavy (non-hydrogen) atoms. The summed E-state index contributed by atoms with van der Waals surface area (Å²) >= 11 is 1.40. The Bertz CT molecular complexity index is 805. The van der Waals surface area contributed by atoms with Gasteiger partial charge in [0, 0.05) is 23.8 Å². The van der Waals surface area contributed by atoms with Gasteiger partial charge in [0.25, 0.3) is 5.91 Å². The van der Waals surface area contributed by atoms with Gasteiger partial charge in [-0.3, -0.25) is 10.1 Å². The summed E-state index contributed by atoms with van der Waals surface area (Å²) in [6.07, 6.45) is -1.11. The molecule has 1 heterocycles. The second-order valence-electron chi connectivity index (χ2n) is 5.33. The van der Waals surface area contributed by atoms with E-state index < -0.39 is 24.0 Å². The molecule has 0 radical (unpaired) electrons. The van der Waals surface area contributed by atoms with Crippen LogP contribution in [0.3, 0.4) is 0 Å². The van der Waals surface area contributed by atoms with Crippen LogP contribution in [-0.2, 0) is 15.3 Å². The SMILES string of the molecule is CNC(=O)NC(=O)[C@H](C)OC(=O)c1ccccc1SCc1cc(C)on1. The fraction of sp³-hybridized carbons (Fsp3) is 0.294. The van der Waals surface area contributed by atoms with E-state index in [0.717, 1.165) is 5.69 Å². The molecule has 0 spiro atoms. The first-order valence-corrected chi connectivity index (χ1v) is 8.77. The molecule has 2 N–H and O–H groups in total. The van der Waals surface area contributed by atoms with Crippen LogP contribution in [-0.4, -0.2) is 36.2 Å². The van der Waals surface area contributed by atoms with Crippen molar-refractivity contribution in [1.29, 1.82) is 0 Å². The number of carbonyl (C=O) groups is 3. The summed E-state index contributed by atoms with van der Waals surface area (Å²) in [7, 11) is 1.38. The molecule has 1 aromatic heterocycles. The van der Waals surface area contributed by atoms with Crippen molar-refractivity contribution in [2.75, 3.05) is 7.05 Å². The molecular formula is C17H19N3O5S. The van der Waals surface area contributed by atoms with Gasteiger partial charge in [-0.05, 0) is 26.0 Å². The van der Waals surface area contributed by atoms with Gasteiger partial charge >= 0.3 is 12.0 Å². The standard InChI is InChI=1S/C17H19N3O5S/c1-10-8-12(20-25-10)9-26-14-7-5-4-6-13(14)16(22)24-11(2)15(21)19-17(23)18-3/h4-8,11H,9H2,1-3H3,(H2,18,19,21,23)/t11-/m0/s1. The number of nitrogens with one attached hydrogen (secondary N) is 2. The largest absolute Gasteiger partial charge is 0.449 e. The van der Waals surface area contributed by atoms with Crippen LogP contribution >= 0.6 is 11.8 Å². The zero-order valence-electron chi connectivity index (χ0n) is 14.6. The van der Waals surface area contributed by atoms with E-state index in [1.54, 1.807) is 31.2 Å². The first kappa shape index (κ1) is 19.5. The van der Waals surface area contributed by atoms with Crippen LogP contribution < -0.4 is 10.6 Å². The molecule has 2 rings (SSSR count). The Morgan fingerprint density at radius 1 is 1.31 bits per heavy atom. The lowest BCUT2D eigenvalue weighted by Crippen LogP contribution is -2.43. The highest BCUT2D eigenvalue weighted by Crippen LogP contribution is 2.27. The van der Waals surface area contributed by atoms with Gasteiger partial charge in [-0.1, -0.05) is 17.3 Å². The molecule has 138 valence electrons. The Balaban J connectivity index is 2.02. The van der Waals surface area contributed by atoms with Crippen LogP contribution in [0, 0.1) is 6.92 Å². The van der Waals surface area contributed by atoms with E-state index in [1.807, 2.05) is 6.07 Å². The summed E-state index contributed by atoms with van der Waals surface area (Å²) < 4.78 is 10.2. The third-order valence-electron chi connectivity index (χ3n) is 3.28. The van der Waals surface area contributed by atoms with Gasteiger partial charge in [-0.15, -0.1) is 11.8 Å². The molecule has 2 aromatic rings. The lowest BCUT2D eigenvalue weighted by atomic mass is 10.2. The molecular weight excluding hydrogens is 358 g/mol. The highest BCUT2D eigenvalue weighted by molar-refractivity contribution is 7.98. The Kier molecular flexibility index (Phi) is 6.79. The van der Waals surface area contributed by atoms with E-state index in [2.05, 4.69) is 15.8 Å². The molecule has 1 aromatic carbocycles. The Morgan fingerprint density at radius 2 is 2.04 bits per heavy atom. The van der Waals surface area contributed by atoms with Crippen LogP contribution in [0.15, 0.2) is 39.8 Å². The van der Waals surface area contributed by atoms with Crippen LogP contribution in [0.25, 0.3) is 0 Å². The van der Waals surface area contributed by atoms with Crippen molar-refractivity contribution in [3.8, 4) is 0 Å². The van der Waals surface area contributed by atoms with Crippen molar-refractivity contribution in [2.45, 2.75) is 30.6 Å². The minimum atomic E-state index is -1.11. The maximum Gasteiger partial charge on any atom is 0.340 e. The minimum Gasteiger partial charge on any atom is -0.449 e. The summed E-state index contributed by atoms with van der Waals surface area (Å²) in [5, 5.41) is 8.22. The first-order valence-electron chi connectivity index (χ1n) is 7.78. The number of thioether (sulfide) groups is 1. The molecule has 0 fully saturated rings. The molecule has 0 saturated carbocycles. The monoisotopic (exact) mass is 377 g/mol. The van der Waals surface area contributed by atoms with Gasteiger partial charge in [0.15, 0.2) is 6.10 Å². The van der Waals surface area contributed by atoms with Gasteiger partial charge in [-0.25, -0.2) is 9.59 Å². The fourth-order valence-electron chi connectivity index (χ4n) is 1.95. The zero-order valence-corrected chi connectivity index (χ0v) is 15.4. The van der Waals surface area contributed by atoms with Crippen LogP contribution in [0.4, 0.5) is 4.79 Å². The quantitative estimate of drug-likeness (QED) is 0.587. The topological polar surface area (TPSA) is 111 Å². The van der Waals surface area contributed by atoms with E-state index >= 15 is 0 Å². The number of imide groups is 1. The number of nitrogens with zero attached hydrogens (tertiary/aromatic N) is 1. The highest BCUT2D eigenvalue weighted by Gasteiger charge is 2.22. The second-order valence-corrected chi connectivity index (χ2v) is 6.35. The van der Waals surface area contributed by atoms with Gasteiger partial charge in [0.05, 0.1) is 11.3 Å². The molecule has 8 nitrogen and oxygen atoms in total. The van der Waals surface area contributed by atoms with Crippen LogP contribution in [0.1, 0.15) is 28.7 Å². The molecule has 0 saturated heterocycles. The Morgan fingerprint density at radius 3 is 2.69 bits per heavy atom. The number of hydrogen-bond acceptors (Lipinski definition) is 7. The average molecular weight is 377 g/mol. The number of benzene rings is 1. The number of carbonyl (C=O) groups excluding carboxylic acids is 3. The predicted octanol–water partition coefficient (Wildman–Crippen LogP) is 2.28. The van der Waals surface area contributed by atoms with E-state index in [0.29, 0.717) is 22.0 Å². The maximum atomic E-state index is 12.4. The number of aryl methyl sites for hydroxylation is 1. The van der Waals surface area contributed by atoms with Crippen molar-refractivity contribution in [1.82, 2.24) is 15.8 Å². The number of amides is 3. The van der Waals surface area contributed by atoms with Gasteiger partial charge in [0.2, 0.25) is 0 Å². The van der Waals surface area contributed by atoms with Crippen molar-refractivity contribution in [2.24, 2.45) is 0 Å². The lowest BCUT2D eigenvalue weighted by Gasteiger charge is -2.14. The van der Waals surface area contributed by atoms with E-state index in [4.69, 9.17) is 9.26 Å². The summed E-state index contributed by atoms with van der Waals surface area (Å²) in [6.45, 7) is 3.20. The second kappa shape index (κ2) is 9.04. The van der Waals surface area contributed by atoms with Crippen molar-refractivity contribution < 1.29 is 23.6 Å². The van der Waals surface area contributed by atoms with E-state index in [1.165, 1.54) is 25.7 Å². The van der Waals surface area contributed by atoms with Gasteiger partial charge < -0.3 is 14.6 Å². The summed E-state index contributed by atoms with van der Waals surface area (Å²) in [5.74, 6) is -0.122. The first-order chi connectivity index (χ1) is 12.4. The molecule has 0 unspecified atom stereocenters. The van der Waals surface area contributed by atoms with Crippen molar-refractivity contribution in [3.63, 3.8) is 0 Å². The van der Waals surface area contributed by atoms with Crippen molar-refractivity contribution >= 4 is 29.7 Å².